The van der Waals surface area contributed by atoms with Gasteiger partial charge >= 0.3 is 11.9 Å². The Hall–Kier alpha value is -1.60. The van der Waals surface area contributed by atoms with Gasteiger partial charge in [-0.1, -0.05) is 17.7 Å². The maximum absolute atomic E-state index is 11.0. The maximum Gasteiger partial charge on any atom is 0.352 e. The molecule has 0 aliphatic rings. The SMILES string of the molecule is O=C(O)CCCC(=NNc1cccc(Cl)c1Br)C(=O)O. The largest absolute Gasteiger partial charge is 0.481 e. The number of nitrogens with one attached hydrogen (secondary N) is 1. The molecule has 1 aromatic carbocycles. The lowest BCUT2D eigenvalue weighted by Gasteiger charge is -2.06. The Balaban J connectivity index is 2.74. The predicted octanol–water partition coefficient (Wildman–Crippen LogP) is 3.21. The molecule has 0 fully saturated rings. The van der Waals surface area contributed by atoms with Crippen molar-refractivity contribution in [1.29, 1.82) is 0 Å². The van der Waals surface area contributed by atoms with Crippen LogP contribution in [-0.2, 0) is 9.59 Å². The lowest BCUT2D eigenvalue weighted by atomic mass is 10.2. The third-order valence-electron chi connectivity index (χ3n) is 2.31. The Morgan fingerprint density at radius 2 is 2.00 bits per heavy atom. The summed E-state index contributed by atoms with van der Waals surface area (Å²) in [6, 6.07) is 5.04. The van der Waals surface area contributed by atoms with Gasteiger partial charge in [-0.05, 0) is 40.9 Å². The van der Waals surface area contributed by atoms with Crippen LogP contribution < -0.4 is 5.43 Å². The van der Waals surface area contributed by atoms with Gasteiger partial charge in [0.25, 0.3) is 0 Å². The van der Waals surface area contributed by atoms with Crippen molar-refractivity contribution in [3.63, 3.8) is 0 Å². The van der Waals surface area contributed by atoms with Crippen molar-refractivity contribution in [2.45, 2.75) is 19.3 Å². The van der Waals surface area contributed by atoms with E-state index in [4.69, 9.17) is 21.8 Å². The van der Waals surface area contributed by atoms with Crippen molar-refractivity contribution in [3.05, 3.63) is 27.7 Å². The van der Waals surface area contributed by atoms with Gasteiger partial charge in [0, 0.05) is 6.42 Å². The molecule has 0 aliphatic carbocycles. The molecule has 0 aliphatic heterocycles. The van der Waals surface area contributed by atoms with Gasteiger partial charge in [0.05, 0.1) is 15.2 Å². The van der Waals surface area contributed by atoms with E-state index in [0.29, 0.717) is 15.2 Å². The molecule has 0 saturated heterocycles. The Bertz CT molecular complexity index is 548. The summed E-state index contributed by atoms with van der Waals surface area (Å²) in [5, 5.41) is 21.7. The zero-order chi connectivity index (χ0) is 15.1. The molecule has 6 nitrogen and oxygen atoms in total. The minimum atomic E-state index is -1.19. The molecule has 3 N–H and O–H groups in total. The predicted molar refractivity (Wildman–Crippen MR) is 79.3 cm³/mol. The topological polar surface area (TPSA) is 99.0 Å². The molecule has 0 unspecified atom stereocenters. The average molecular weight is 364 g/mol. The monoisotopic (exact) mass is 362 g/mol. The fourth-order valence-corrected chi connectivity index (χ4v) is 1.86. The van der Waals surface area contributed by atoms with E-state index in [-0.39, 0.29) is 25.0 Å². The second kappa shape index (κ2) is 7.86. The van der Waals surface area contributed by atoms with E-state index in [1.54, 1.807) is 18.2 Å². The zero-order valence-corrected chi connectivity index (χ0v) is 12.6. The van der Waals surface area contributed by atoms with Gasteiger partial charge in [-0.2, -0.15) is 5.10 Å². The third kappa shape index (κ3) is 5.18. The van der Waals surface area contributed by atoms with E-state index in [2.05, 4.69) is 26.5 Å². The van der Waals surface area contributed by atoms with Crippen LogP contribution in [0.25, 0.3) is 0 Å². The number of carboxylic acid groups (broad SMARTS) is 2. The van der Waals surface area contributed by atoms with Crippen molar-refractivity contribution in [1.82, 2.24) is 0 Å². The average Bonchev–Trinajstić information content (AvgIpc) is 2.37. The highest BCUT2D eigenvalue weighted by Crippen LogP contribution is 2.29. The Morgan fingerprint density at radius 3 is 2.60 bits per heavy atom. The van der Waals surface area contributed by atoms with Crippen molar-refractivity contribution in [2.75, 3.05) is 5.43 Å². The highest BCUT2D eigenvalue weighted by molar-refractivity contribution is 9.10. The van der Waals surface area contributed by atoms with Gasteiger partial charge < -0.3 is 10.2 Å². The number of anilines is 1. The fourth-order valence-electron chi connectivity index (χ4n) is 1.34. The lowest BCUT2D eigenvalue weighted by molar-refractivity contribution is -0.137. The summed E-state index contributed by atoms with van der Waals surface area (Å²) >= 11 is 9.14. The van der Waals surface area contributed by atoms with Crippen LogP contribution in [0.1, 0.15) is 19.3 Å². The van der Waals surface area contributed by atoms with Gasteiger partial charge in [-0.15, -0.1) is 0 Å². The summed E-state index contributed by atoms with van der Waals surface area (Å²) in [7, 11) is 0. The number of hydrogen-bond donors (Lipinski definition) is 3. The zero-order valence-electron chi connectivity index (χ0n) is 10.3. The van der Waals surface area contributed by atoms with Crippen molar-refractivity contribution in [3.8, 4) is 0 Å². The quantitative estimate of drug-likeness (QED) is 0.510. The van der Waals surface area contributed by atoms with Gasteiger partial charge in [-0.25, -0.2) is 4.79 Å². The number of hydrogen-bond acceptors (Lipinski definition) is 4. The van der Waals surface area contributed by atoms with Crippen LogP contribution in [-0.4, -0.2) is 27.9 Å². The van der Waals surface area contributed by atoms with Crippen molar-refractivity contribution in [2.24, 2.45) is 5.10 Å². The van der Waals surface area contributed by atoms with Crippen molar-refractivity contribution < 1.29 is 19.8 Å². The normalized spacial score (nSPS) is 11.2. The molecule has 0 atom stereocenters. The van der Waals surface area contributed by atoms with Gasteiger partial charge in [0.1, 0.15) is 5.71 Å². The minimum absolute atomic E-state index is 0.0623. The smallest absolute Gasteiger partial charge is 0.352 e. The van der Waals surface area contributed by atoms with Crippen LogP contribution in [0.5, 0.6) is 0 Å². The van der Waals surface area contributed by atoms with E-state index < -0.39 is 11.9 Å². The molecule has 0 bridgehead atoms. The van der Waals surface area contributed by atoms with E-state index >= 15 is 0 Å². The molecule has 8 heteroatoms. The Morgan fingerprint density at radius 1 is 1.30 bits per heavy atom. The second-order valence-corrected chi connectivity index (χ2v) is 5.02. The van der Waals surface area contributed by atoms with Crippen LogP contribution in [0.3, 0.4) is 0 Å². The summed E-state index contributed by atoms with van der Waals surface area (Å²) in [5.74, 6) is -2.17. The molecular formula is C12H12BrClN2O4. The van der Waals surface area contributed by atoms with E-state index in [9.17, 15) is 9.59 Å². The van der Waals surface area contributed by atoms with Crippen molar-refractivity contribution >= 4 is 50.9 Å². The van der Waals surface area contributed by atoms with Gasteiger partial charge in [0.2, 0.25) is 0 Å². The first-order chi connectivity index (χ1) is 9.41. The highest BCUT2D eigenvalue weighted by atomic mass is 79.9. The van der Waals surface area contributed by atoms with E-state index in [0.717, 1.165) is 0 Å². The van der Waals surface area contributed by atoms with Gasteiger partial charge in [0.15, 0.2) is 0 Å². The Kier molecular flexibility index (Phi) is 6.47. The first kappa shape index (κ1) is 16.5. The number of rotatable bonds is 7. The minimum Gasteiger partial charge on any atom is -0.481 e. The lowest BCUT2D eigenvalue weighted by Crippen LogP contribution is -2.15. The molecule has 1 aromatic rings. The number of carbonyl (C=O) groups is 2. The third-order valence-corrected chi connectivity index (χ3v) is 3.71. The number of benzene rings is 1. The van der Waals surface area contributed by atoms with E-state index in [1.807, 2.05) is 0 Å². The summed E-state index contributed by atoms with van der Waals surface area (Å²) in [4.78, 5) is 21.4. The number of nitrogens with zero attached hydrogens (tertiary/aromatic N) is 1. The van der Waals surface area contributed by atoms with Crippen LogP contribution in [0.15, 0.2) is 27.8 Å². The molecule has 0 radical (unpaired) electrons. The van der Waals surface area contributed by atoms with Gasteiger partial charge in [-0.3, -0.25) is 10.2 Å². The number of carboxylic acids is 2. The number of hydrazone groups is 1. The molecular weight excluding hydrogens is 351 g/mol. The first-order valence-electron chi connectivity index (χ1n) is 5.63. The Labute approximate surface area is 128 Å². The van der Waals surface area contributed by atoms with Crippen LogP contribution >= 0.6 is 27.5 Å². The number of aliphatic carboxylic acids is 2. The molecule has 0 spiro atoms. The first-order valence-corrected chi connectivity index (χ1v) is 6.80. The standard InChI is InChI=1S/C12H12BrClN2O4/c13-11-7(14)3-1-4-8(11)15-16-9(12(19)20)5-2-6-10(17)18/h1,3-4,15H,2,5-6H2,(H,17,18)(H,19,20). The molecule has 0 amide bonds. The van der Waals surface area contributed by atoms with Crippen LogP contribution in [0.4, 0.5) is 5.69 Å². The molecule has 0 saturated carbocycles. The molecule has 0 aromatic heterocycles. The number of halogens is 2. The van der Waals surface area contributed by atoms with Crippen LogP contribution in [0.2, 0.25) is 5.02 Å². The molecule has 0 heterocycles. The highest BCUT2D eigenvalue weighted by Gasteiger charge is 2.11. The molecule has 20 heavy (non-hydrogen) atoms. The molecule has 108 valence electrons. The summed E-state index contributed by atoms with van der Waals surface area (Å²) in [5.41, 5.74) is 2.98. The van der Waals surface area contributed by atoms with E-state index in [1.165, 1.54) is 0 Å². The second-order valence-electron chi connectivity index (χ2n) is 3.82. The molecule has 1 rings (SSSR count). The fraction of sp³-hybridized carbons (Fsp3) is 0.250. The summed E-state index contributed by atoms with van der Waals surface area (Å²) < 4.78 is 0.570. The van der Waals surface area contributed by atoms with Crippen LogP contribution in [0, 0.1) is 0 Å². The summed E-state index contributed by atoms with van der Waals surface area (Å²) in [6.45, 7) is 0. The summed E-state index contributed by atoms with van der Waals surface area (Å²) in [6.07, 6.45) is 0.166. The maximum atomic E-state index is 11.0.